The minimum absolute atomic E-state index is 0.586. The molecule has 3 fully saturated rings. The van der Waals surface area contributed by atoms with Crippen LogP contribution in [0.15, 0.2) is 0 Å². The van der Waals surface area contributed by atoms with Crippen LogP contribution >= 0.6 is 0 Å². The minimum Gasteiger partial charge on any atom is -0.310 e. The van der Waals surface area contributed by atoms with Crippen molar-refractivity contribution < 1.29 is 0 Å². The summed E-state index contributed by atoms with van der Waals surface area (Å²) in [5.41, 5.74) is 0.586. The normalized spacial score (nSPS) is 41.6. The van der Waals surface area contributed by atoms with Crippen molar-refractivity contribution in [2.75, 3.05) is 13.1 Å². The summed E-state index contributed by atoms with van der Waals surface area (Å²) in [6.45, 7) is 7.56. The quantitative estimate of drug-likeness (QED) is 0.793. The molecule has 3 unspecified atom stereocenters. The van der Waals surface area contributed by atoms with Gasteiger partial charge in [0.25, 0.3) is 0 Å². The second-order valence-electron chi connectivity index (χ2n) is 7.26. The number of rotatable bonds is 2. The van der Waals surface area contributed by atoms with Gasteiger partial charge in [-0.05, 0) is 50.5 Å². The van der Waals surface area contributed by atoms with Crippen LogP contribution in [-0.4, -0.2) is 36.1 Å². The van der Waals surface area contributed by atoms with Gasteiger partial charge in [0.2, 0.25) is 0 Å². The van der Waals surface area contributed by atoms with Gasteiger partial charge in [0.05, 0.1) is 0 Å². The Kier molecular flexibility index (Phi) is 3.20. The number of nitrogens with zero attached hydrogens (tertiary/aromatic N) is 1. The van der Waals surface area contributed by atoms with E-state index in [9.17, 15) is 0 Å². The third kappa shape index (κ3) is 2.53. The first-order chi connectivity index (χ1) is 8.14. The Morgan fingerprint density at radius 1 is 1.06 bits per heavy atom. The summed E-state index contributed by atoms with van der Waals surface area (Å²) in [5.74, 6) is 0. The van der Waals surface area contributed by atoms with E-state index in [2.05, 4.69) is 24.1 Å². The zero-order valence-corrected chi connectivity index (χ0v) is 11.5. The summed E-state index contributed by atoms with van der Waals surface area (Å²) in [4.78, 5) is 2.74. The van der Waals surface area contributed by atoms with Crippen molar-refractivity contribution in [3.63, 3.8) is 0 Å². The molecule has 98 valence electrons. The molecule has 0 bridgehead atoms. The molecule has 3 atom stereocenters. The predicted octanol–water partition coefficient (Wildman–Crippen LogP) is 2.78. The summed E-state index contributed by atoms with van der Waals surface area (Å²) in [7, 11) is 0. The Bertz CT molecular complexity index is 274. The Labute approximate surface area is 106 Å². The molecule has 2 aliphatic heterocycles. The van der Waals surface area contributed by atoms with Crippen molar-refractivity contribution in [3.05, 3.63) is 0 Å². The molecule has 2 saturated heterocycles. The summed E-state index contributed by atoms with van der Waals surface area (Å²) in [6, 6.07) is 2.47. The molecule has 0 aromatic rings. The highest BCUT2D eigenvalue weighted by Crippen LogP contribution is 2.38. The number of fused-ring (bicyclic) bond motifs is 1. The topological polar surface area (TPSA) is 15.3 Å². The van der Waals surface area contributed by atoms with Crippen LogP contribution in [0.1, 0.15) is 58.8 Å². The van der Waals surface area contributed by atoms with Crippen molar-refractivity contribution in [1.82, 2.24) is 10.2 Å². The van der Waals surface area contributed by atoms with E-state index < -0.39 is 0 Å². The largest absolute Gasteiger partial charge is 0.310 e. The Morgan fingerprint density at radius 3 is 2.71 bits per heavy atom. The Balaban J connectivity index is 1.55. The van der Waals surface area contributed by atoms with Gasteiger partial charge in [-0.25, -0.2) is 0 Å². The maximum absolute atomic E-state index is 3.99. The molecule has 1 aliphatic carbocycles. The van der Waals surface area contributed by atoms with Gasteiger partial charge < -0.3 is 5.32 Å². The van der Waals surface area contributed by atoms with Gasteiger partial charge in [-0.1, -0.05) is 20.3 Å². The molecule has 0 radical (unpaired) electrons. The molecule has 0 amide bonds. The molecule has 0 aromatic heterocycles. The SMILES string of the molecule is CC1(C)CCC(NC2CCN3CCCCC23)C1. The van der Waals surface area contributed by atoms with E-state index in [0.717, 1.165) is 18.1 Å². The van der Waals surface area contributed by atoms with Crippen molar-refractivity contribution in [2.45, 2.75) is 76.9 Å². The van der Waals surface area contributed by atoms with Crippen molar-refractivity contribution >= 4 is 0 Å². The highest BCUT2D eigenvalue weighted by molar-refractivity contribution is 4.97. The molecule has 3 rings (SSSR count). The van der Waals surface area contributed by atoms with Crippen LogP contribution in [0.5, 0.6) is 0 Å². The minimum atomic E-state index is 0.586. The molecular formula is C15H28N2. The average molecular weight is 236 g/mol. The average Bonchev–Trinajstić information content (AvgIpc) is 2.84. The van der Waals surface area contributed by atoms with Crippen LogP contribution in [0.4, 0.5) is 0 Å². The highest BCUT2D eigenvalue weighted by atomic mass is 15.2. The number of hydrogen-bond acceptors (Lipinski definition) is 2. The summed E-state index contributed by atoms with van der Waals surface area (Å²) >= 11 is 0. The zero-order valence-electron chi connectivity index (χ0n) is 11.5. The fraction of sp³-hybridized carbons (Fsp3) is 1.00. The smallest absolute Gasteiger partial charge is 0.0249 e. The van der Waals surface area contributed by atoms with E-state index >= 15 is 0 Å². The van der Waals surface area contributed by atoms with Gasteiger partial charge in [-0.15, -0.1) is 0 Å². The third-order valence-corrected chi connectivity index (χ3v) is 5.27. The molecule has 0 spiro atoms. The summed E-state index contributed by atoms with van der Waals surface area (Å²) in [6.07, 6.45) is 9.91. The van der Waals surface area contributed by atoms with Crippen LogP contribution in [0.25, 0.3) is 0 Å². The third-order valence-electron chi connectivity index (χ3n) is 5.27. The lowest BCUT2D eigenvalue weighted by molar-refractivity contribution is 0.175. The van der Waals surface area contributed by atoms with Crippen molar-refractivity contribution in [2.24, 2.45) is 5.41 Å². The van der Waals surface area contributed by atoms with Gasteiger partial charge in [-0.3, -0.25) is 4.90 Å². The maximum atomic E-state index is 3.99. The molecule has 17 heavy (non-hydrogen) atoms. The lowest BCUT2D eigenvalue weighted by atomic mass is 9.91. The second kappa shape index (κ2) is 4.55. The molecule has 1 N–H and O–H groups in total. The fourth-order valence-corrected chi connectivity index (χ4v) is 4.32. The van der Waals surface area contributed by atoms with Crippen LogP contribution in [0, 0.1) is 5.41 Å². The van der Waals surface area contributed by atoms with E-state index in [4.69, 9.17) is 0 Å². The predicted molar refractivity (Wildman–Crippen MR) is 72.2 cm³/mol. The molecule has 2 nitrogen and oxygen atoms in total. The van der Waals surface area contributed by atoms with Gasteiger partial charge in [-0.2, -0.15) is 0 Å². The number of hydrogen-bond donors (Lipinski definition) is 1. The molecule has 3 aliphatic rings. The lowest BCUT2D eigenvalue weighted by Gasteiger charge is -2.34. The number of piperidine rings is 1. The van der Waals surface area contributed by atoms with Crippen molar-refractivity contribution in [1.29, 1.82) is 0 Å². The van der Waals surface area contributed by atoms with Crippen LogP contribution < -0.4 is 5.32 Å². The Morgan fingerprint density at radius 2 is 1.94 bits per heavy atom. The summed E-state index contributed by atoms with van der Waals surface area (Å²) in [5, 5.41) is 3.99. The van der Waals surface area contributed by atoms with E-state index in [1.807, 2.05) is 0 Å². The van der Waals surface area contributed by atoms with Gasteiger partial charge in [0.1, 0.15) is 0 Å². The first-order valence-electron chi connectivity index (χ1n) is 7.64. The molecule has 2 heteroatoms. The van der Waals surface area contributed by atoms with Crippen LogP contribution in [0.2, 0.25) is 0 Å². The Hall–Kier alpha value is -0.0800. The van der Waals surface area contributed by atoms with Gasteiger partial charge in [0.15, 0.2) is 0 Å². The standard InChI is InChI=1S/C15H28N2/c1-15(2)8-6-12(11-15)16-13-7-10-17-9-4-3-5-14(13)17/h12-14,16H,3-11H2,1-2H3. The lowest BCUT2D eigenvalue weighted by Crippen LogP contribution is -2.47. The first kappa shape index (κ1) is 12.0. The van der Waals surface area contributed by atoms with Crippen LogP contribution in [-0.2, 0) is 0 Å². The highest BCUT2D eigenvalue weighted by Gasteiger charge is 2.38. The fourth-order valence-electron chi connectivity index (χ4n) is 4.32. The number of nitrogens with one attached hydrogen (secondary N) is 1. The zero-order chi connectivity index (χ0) is 11.9. The molecule has 1 saturated carbocycles. The van der Waals surface area contributed by atoms with E-state index in [1.54, 1.807) is 0 Å². The molecule has 0 aromatic carbocycles. The van der Waals surface area contributed by atoms with Crippen molar-refractivity contribution in [3.8, 4) is 0 Å². The molecule has 2 heterocycles. The van der Waals surface area contributed by atoms with E-state index in [1.165, 1.54) is 58.0 Å². The van der Waals surface area contributed by atoms with Gasteiger partial charge in [0, 0.05) is 24.7 Å². The maximum Gasteiger partial charge on any atom is 0.0249 e. The van der Waals surface area contributed by atoms with Gasteiger partial charge >= 0.3 is 0 Å². The monoisotopic (exact) mass is 236 g/mol. The summed E-state index contributed by atoms with van der Waals surface area (Å²) < 4.78 is 0. The first-order valence-corrected chi connectivity index (χ1v) is 7.64. The van der Waals surface area contributed by atoms with E-state index in [-0.39, 0.29) is 0 Å². The second-order valence-corrected chi connectivity index (χ2v) is 7.26. The van der Waals surface area contributed by atoms with Crippen LogP contribution in [0.3, 0.4) is 0 Å². The van der Waals surface area contributed by atoms with E-state index in [0.29, 0.717) is 5.41 Å². The molecular weight excluding hydrogens is 208 g/mol.